The molecule has 8 nitrogen and oxygen atoms in total. The molecule has 0 bridgehead atoms. The number of methoxy groups -OCH3 is 2. The number of hydrogen-bond acceptors (Lipinski definition) is 6. The number of aliphatic imine (C=N–C) groups is 1. The highest BCUT2D eigenvalue weighted by Gasteiger charge is 2.17. The minimum atomic E-state index is 0.0964. The topological polar surface area (TPSA) is 76.6 Å². The summed E-state index contributed by atoms with van der Waals surface area (Å²) < 4.78 is 21.7. The lowest BCUT2D eigenvalue weighted by atomic mass is 10.1. The van der Waals surface area contributed by atoms with E-state index in [1.807, 2.05) is 24.3 Å². The Morgan fingerprint density at radius 3 is 2.53 bits per heavy atom. The molecule has 8 heteroatoms. The van der Waals surface area contributed by atoms with Crippen molar-refractivity contribution < 1.29 is 18.9 Å². The number of fused-ring (bicyclic) bond motifs is 1. The molecule has 2 N–H and O–H groups in total. The van der Waals surface area contributed by atoms with E-state index in [1.54, 1.807) is 14.2 Å². The average Bonchev–Trinajstić information content (AvgIpc) is 3.26. The number of likely N-dealkylation sites (N-methyl/N-ethyl adjacent to an activating group) is 1. The van der Waals surface area contributed by atoms with Gasteiger partial charge in [0.2, 0.25) is 6.79 Å². The first-order valence-corrected chi connectivity index (χ1v) is 10.8. The summed E-state index contributed by atoms with van der Waals surface area (Å²) >= 11 is 0. The molecule has 3 rings (SSSR count). The van der Waals surface area contributed by atoms with Crippen LogP contribution >= 0.6 is 0 Å². The Balaban J connectivity index is 1.64. The van der Waals surface area contributed by atoms with E-state index in [0.717, 1.165) is 54.0 Å². The molecule has 2 aromatic carbocycles. The molecule has 32 heavy (non-hydrogen) atoms. The fourth-order valence-electron chi connectivity index (χ4n) is 3.57. The first-order valence-electron chi connectivity index (χ1n) is 10.8. The molecule has 1 aliphatic heterocycles. The van der Waals surface area contributed by atoms with Crippen molar-refractivity contribution in [1.82, 2.24) is 15.5 Å². The SMILES string of the molecule is CCNC(=NCC(c1ccc(OC)c(OC)c1)N(C)C)NCCc1ccc2c(c1)OCO2. The molecular weight excluding hydrogens is 408 g/mol. The molecule has 1 aliphatic rings. The molecule has 0 aromatic heterocycles. The minimum Gasteiger partial charge on any atom is -0.493 e. The van der Waals surface area contributed by atoms with Crippen molar-refractivity contribution in [3.8, 4) is 23.0 Å². The molecule has 0 amide bonds. The third-order valence-electron chi connectivity index (χ3n) is 5.33. The van der Waals surface area contributed by atoms with E-state index < -0.39 is 0 Å². The van der Waals surface area contributed by atoms with Crippen molar-refractivity contribution in [1.29, 1.82) is 0 Å². The Labute approximate surface area is 190 Å². The molecule has 0 aliphatic carbocycles. The second-order valence-electron chi connectivity index (χ2n) is 7.68. The number of nitrogens with zero attached hydrogens (tertiary/aromatic N) is 2. The maximum Gasteiger partial charge on any atom is 0.231 e. The van der Waals surface area contributed by atoms with E-state index in [9.17, 15) is 0 Å². The van der Waals surface area contributed by atoms with E-state index in [1.165, 1.54) is 5.56 Å². The van der Waals surface area contributed by atoms with Gasteiger partial charge in [0.05, 0.1) is 26.8 Å². The number of ether oxygens (including phenoxy) is 4. The third kappa shape index (κ3) is 5.97. The quantitative estimate of drug-likeness (QED) is 0.433. The summed E-state index contributed by atoms with van der Waals surface area (Å²) in [6, 6.07) is 12.2. The van der Waals surface area contributed by atoms with E-state index in [-0.39, 0.29) is 6.04 Å². The summed E-state index contributed by atoms with van der Waals surface area (Å²) in [4.78, 5) is 6.99. The van der Waals surface area contributed by atoms with Crippen LogP contribution in [0.15, 0.2) is 41.4 Å². The van der Waals surface area contributed by atoms with Gasteiger partial charge in [0, 0.05) is 13.1 Å². The molecular formula is C24H34N4O4. The second kappa shape index (κ2) is 11.5. The van der Waals surface area contributed by atoms with Gasteiger partial charge < -0.3 is 34.5 Å². The van der Waals surface area contributed by atoms with Crippen LogP contribution in [0.25, 0.3) is 0 Å². The Hall–Kier alpha value is -3.13. The first-order chi connectivity index (χ1) is 15.5. The van der Waals surface area contributed by atoms with Gasteiger partial charge in [0.15, 0.2) is 29.0 Å². The Bertz CT molecular complexity index is 917. The highest BCUT2D eigenvalue weighted by atomic mass is 16.7. The second-order valence-corrected chi connectivity index (χ2v) is 7.68. The van der Waals surface area contributed by atoms with Crippen molar-refractivity contribution in [2.75, 3.05) is 54.7 Å². The summed E-state index contributed by atoms with van der Waals surface area (Å²) in [5, 5.41) is 6.76. The van der Waals surface area contributed by atoms with Crippen LogP contribution in [0.2, 0.25) is 0 Å². The van der Waals surface area contributed by atoms with Crippen molar-refractivity contribution in [3.63, 3.8) is 0 Å². The molecule has 1 heterocycles. The van der Waals surface area contributed by atoms with Gasteiger partial charge in [-0.3, -0.25) is 4.99 Å². The Kier molecular flexibility index (Phi) is 8.44. The van der Waals surface area contributed by atoms with E-state index in [0.29, 0.717) is 13.3 Å². The van der Waals surface area contributed by atoms with Gasteiger partial charge in [-0.15, -0.1) is 0 Å². The first kappa shape index (κ1) is 23.5. The summed E-state index contributed by atoms with van der Waals surface area (Å²) in [6.45, 7) is 4.50. The average molecular weight is 443 g/mol. The lowest BCUT2D eigenvalue weighted by Gasteiger charge is -2.24. The molecule has 0 spiro atoms. The van der Waals surface area contributed by atoms with E-state index >= 15 is 0 Å². The van der Waals surface area contributed by atoms with Crippen LogP contribution in [-0.4, -0.2) is 65.6 Å². The largest absolute Gasteiger partial charge is 0.493 e. The molecule has 0 fully saturated rings. The normalized spacial score (nSPS) is 13.8. The minimum absolute atomic E-state index is 0.0964. The van der Waals surface area contributed by atoms with Gasteiger partial charge >= 0.3 is 0 Å². The predicted molar refractivity (Wildman–Crippen MR) is 126 cm³/mol. The monoisotopic (exact) mass is 442 g/mol. The third-order valence-corrected chi connectivity index (χ3v) is 5.33. The fourth-order valence-corrected chi connectivity index (χ4v) is 3.57. The van der Waals surface area contributed by atoms with Crippen LogP contribution in [-0.2, 0) is 6.42 Å². The van der Waals surface area contributed by atoms with Crippen LogP contribution in [0.4, 0.5) is 0 Å². The lowest BCUT2D eigenvalue weighted by molar-refractivity contribution is 0.174. The van der Waals surface area contributed by atoms with Crippen LogP contribution in [0.1, 0.15) is 24.1 Å². The Morgan fingerprint density at radius 2 is 1.81 bits per heavy atom. The molecule has 2 aromatic rings. The summed E-state index contributed by atoms with van der Waals surface area (Å²) in [7, 11) is 7.40. The number of rotatable bonds is 10. The zero-order chi connectivity index (χ0) is 22.9. The summed E-state index contributed by atoms with van der Waals surface area (Å²) in [5.74, 6) is 3.85. The highest BCUT2D eigenvalue weighted by molar-refractivity contribution is 5.79. The van der Waals surface area contributed by atoms with Gasteiger partial charge in [-0.05, 0) is 62.8 Å². The van der Waals surface area contributed by atoms with E-state index in [2.05, 4.69) is 48.7 Å². The fraction of sp³-hybridized carbons (Fsp3) is 0.458. The van der Waals surface area contributed by atoms with Gasteiger partial charge in [0.25, 0.3) is 0 Å². The Morgan fingerprint density at radius 1 is 1.03 bits per heavy atom. The maximum absolute atomic E-state index is 5.47. The van der Waals surface area contributed by atoms with Crippen LogP contribution in [0, 0.1) is 0 Å². The zero-order valence-electron chi connectivity index (χ0n) is 19.6. The van der Waals surface area contributed by atoms with Gasteiger partial charge in [-0.1, -0.05) is 12.1 Å². The lowest BCUT2D eigenvalue weighted by Crippen LogP contribution is -2.39. The number of guanidine groups is 1. The van der Waals surface area contributed by atoms with Crippen molar-refractivity contribution in [2.45, 2.75) is 19.4 Å². The number of nitrogens with one attached hydrogen (secondary N) is 2. The van der Waals surface area contributed by atoms with Gasteiger partial charge in [-0.25, -0.2) is 0 Å². The molecule has 174 valence electrons. The standard InChI is InChI=1S/C24H34N4O4/c1-6-25-24(26-12-11-17-7-9-21-23(13-17)32-16-31-21)27-15-19(28(2)3)18-8-10-20(29-4)22(14-18)30-5/h7-10,13-14,19H,6,11-12,15-16H2,1-5H3,(H2,25,26,27). The van der Waals surface area contributed by atoms with Crippen LogP contribution in [0.3, 0.4) is 0 Å². The van der Waals surface area contributed by atoms with Crippen LogP contribution < -0.4 is 29.6 Å². The molecule has 0 saturated carbocycles. The molecule has 1 unspecified atom stereocenters. The van der Waals surface area contributed by atoms with Crippen molar-refractivity contribution in [2.24, 2.45) is 4.99 Å². The number of hydrogen-bond donors (Lipinski definition) is 2. The molecule has 0 saturated heterocycles. The maximum atomic E-state index is 5.47. The van der Waals surface area contributed by atoms with Gasteiger partial charge in [0.1, 0.15) is 0 Å². The predicted octanol–water partition coefficient (Wildman–Crippen LogP) is 2.83. The summed E-state index contributed by atoms with van der Waals surface area (Å²) in [6.07, 6.45) is 0.855. The summed E-state index contributed by atoms with van der Waals surface area (Å²) in [5.41, 5.74) is 2.31. The number of benzene rings is 2. The molecule has 1 atom stereocenters. The van der Waals surface area contributed by atoms with Crippen molar-refractivity contribution >= 4 is 5.96 Å². The molecule has 0 radical (unpaired) electrons. The van der Waals surface area contributed by atoms with Crippen molar-refractivity contribution in [3.05, 3.63) is 47.5 Å². The van der Waals surface area contributed by atoms with Gasteiger partial charge in [-0.2, -0.15) is 0 Å². The smallest absolute Gasteiger partial charge is 0.231 e. The highest BCUT2D eigenvalue weighted by Crippen LogP contribution is 2.33. The zero-order valence-corrected chi connectivity index (χ0v) is 19.6. The van der Waals surface area contributed by atoms with E-state index in [4.69, 9.17) is 23.9 Å². The van der Waals surface area contributed by atoms with Crippen LogP contribution in [0.5, 0.6) is 23.0 Å².